The smallest absolute Gasteiger partial charge is 0.412 e. The first-order valence-corrected chi connectivity index (χ1v) is 7.86. The third kappa shape index (κ3) is 3.72. The molecule has 2 heterocycles. The Kier molecular flexibility index (Phi) is 4.97. The summed E-state index contributed by atoms with van der Waals surface area (Å²) in [5.41, 5.74) is 7.90. The van der Waals surface area contributed by atoms with E-state index in [0.29, 0.717) is 11.0 Å². The van der Waals surface area contributed by atoms with E-state index in [4.69, 9.17) is 15.2 Å². The predicted octanol–water partition coefficient (Wildman–Crippen LogP) is 2.47. The molecule has 0 saturated heterocycles. The number of methoxy groups -OCH3 is 1. The van der Waals surface area contributed by atoms with Crippen LogP contribution in [0.2, 0.25) is 0 Å². The van der Waals surface area contributed by atoms with Crippen LogP contribution in [0.3, 0.4) is 0 Å². The second kappa shape index (κ2) is 7.51. The number of hydrogen-bond donors (Lipinski definition) is 2. The molecule has 9 nitrogen and oxygen atoms in total. The van der Waals surface area contributed by atoms with Crippen molar-refractivity contribution >= 4 is 35.0 Å². The van der Waals surface area contributed by atoms with Crippen LogP contribution in [0.5, 0.6) is 5.75 Å². The lowest BCUT2D eigenvalue weighted by Gasteiger charge is -2.06. The van der Waals surface area contributed by atoms with Crippen LogP contribution in [0.15, 0.2) is 41.8 Å². The number of anilines is 2. The van der Waals surface area contributed by atoms with Gasteiger partial charge in [0.15, 0.2) is 5.82 Å². The monoisotopic (exact) mass is 354 g/mol. The van der Waals surface area contributed by atoms with E-state index < -0.39 is 6.09 Å². The number of nitrogens with one attached hydrogen (secondary N) is 1. The van der Waals surface area contributed by atoms with Gasteiger partial charge in [0.1, 0.15) is 23.4 Å². The lowest BCUT2D eigenvalue weighted by Crippen LogP contribution is -2.14. The van der Waals surface area contributed by atoms with Crippen molar-refractivity contribution in [2.45, 2.75) is 6.92 Å². The fraction of sp³-hybridized carbons (Fsp3) is 0.176. The van der Waals surface area contributed by atoms with Crippen molar-refractivity contribution < 1.29 is 14.3 Å². The molecule has 1 aromatic carbocycles. The minimum atomic E-state index is -0.605. The van der Waals surface area contributed by atoms with E-state index in [-0.39, 0.29) is 18.2 Å². The molecule has 26 heavy (non-hydrogen) atoms. The summed E-state index contributed by atoms with van der Waals surface area (Å²) in [6.45, 7) is 1.97. The van der Waals surface area contributed by atoms with Crippen LogP contribution in [-0.4, -0.2) is 40.7 Å². The van der Waals surface area contributed by atoms with Crippen LogP contribution in [0.1, 0.15) is 12.5 Å². The summed E-state index contributed by atoms with van der Waals surface area (Å²) < 4.78 is 11.5. The zero-order valence-corrected chi connectivity index (χ0v) is 14.3. The number of carbonyl (C=O) groups is 1. The van der Waals surface area contributed by atoms with Crippen molar-refractivity contribution in [2.24, 2.45) is 5.10 Å². The Bertz CT molecular complexity index is 949. The molecule has 134 valence electrons. The summed E-state index contributed by atoms with van der Waals surface area (Å²) in [6, 6.07) is 9.07. The summed E-state index contributed by atoms with van der Waals surface area (Å²) in [6.07, 6.45) is 2.60. The Morgan fingerprint density at radius 2 is 2.15 bits per heavy atom. The van der Waals surface area contributed by atoms with Gasteiger partial charge >= 0.3 is 6.09 Å². The first kappa shape index (κ1) is 17.2. The van der Waals surface area contributed by atoms with E-state index in [1.165, 1.54) is 6.33 Å². The number of fused-ring (bicyclic) bond motifs is 1. The number of benzene rings is 1. The topological polar surface area (TPSA) is 117 Å². The molecule has 0 unspecified atom stereocenters. The van der Waals surface area contributed by atoms with Crippen molar-refractivity contribution in [1.29, 1.82) is 0 Å². The maximum Gasteiger partial charge on any atom is 0.412 e. The molecule has 0 spiro atoms. The van der Waals surface area contributed by atoms with Gasteiger partial charge in [-0.2, -0.15) is 5.10 Å². The maximum absolute atomic E-state index is 11.6. The molecule has 0 saturated carbocycles. The van der Waals surface area contributed by atoms with Crippen LogP contribution in [0.4, 0.5) is 16.4 Å². The number of nitrogen functional groups attached to an aromatic ring is 1. The normalized spacial score (nSPS) is 11.0. The van der Waals surface area contributed by atoms with Crippen LogP contribution >= 0.6 is 0 Å². The van der Waals surface area contributed by atoms with Crippen molar-refractivity contribution in [2.75, 3.05) is 24.8 Å². The summed E-state index contributed by atoms with van der Waals surface area (Å²) >= 11 is 0. The molecule has 3 rings (SSSR count). The van der Waals surface area contributed by atoms with Crippen molar-refractivity contribution in [3.8, 4) is 5.75 Å². The molecule has 0 bridgehead atoms. The first-order valence-electron chi connectivity index (χ1n) is 7.86. The second-order valence-corrected chi connectivity index (χ2v) is 5.21. The van der Waals surface area contributed by atoms with Crippen molar-refractivity contribution in [3.05, 3.63) is 42.2 Å². The molecule has 0 fully saturated rings. The number of amides is 1. The van der Waals surface area contributed by atoms with Crippen LogP contribution < -0.4 is 15.8 Å². The largest absolute Gasteiger partial charge is 0.497 e. The molecule has 0 aliphatic rings. The molecular weight excluding hydrogens is 336 g/mol. The van der Waals surface area contributed by atoms with E-state index in [0.717, 1.165) is 11.3 Å². The second-order valence-electron chi connectivity index (χ2n) is 5.21. The van der Waals surface area contributed by atoms with Gasteiger partial charge in [-0.05, 0) is 36.8 Å². The van der Waals surface area contributed by atoms with Gasteiger partial charge in [-0.25, -0.2) is 19.4 Å². The molecular formula is C17H18N6O3. The summed E-state index contributed by atoms with van der Waals surface area (Å²) in [7, 11) is 1.61. The Labute approximate surface area is 149 Å². The highest BCUT2D eigenvalue weighted by molar-refractivity contribution is 5.91. The van der Waals surface area contributed by atoms with Gasteiger partial charge in [-0.15, -0.1) is 0 Å². The van der Waals surface area contributed by atoms with Crippen LogP contribution in [0.25, 0.3) is 11.0 Å². The van der Waals surface area contributed by atoms with Crippen molar-refractivity contribution in [1.82, 2.24) is 14.6 Å². The number of imidazole rings is 1. The lowest BCUT2D eigenvalue weighted by molar-refractivity contribution is 0.168. The average molecular weight is 354 g/mol. The number of pyridine rings is 1. The molecule has 9 heteroatoms. The number of nitrogens with zero attached hydrogens (tertiary/aromatic N) is 4. The fourth-order valence-electron chi connectivity index (χ4n) is 2.27. The highest BCUT2D eigenvalue weighted by Crippen LogP contribution is 2.22. The zero-order valence-electron chi connectivity index (χ0n) is 14.3. The summed E-state index contributed by atoms with van der Waals surface area (Å²) in [4.78, 5) is 19.9. The Morgan fingerprint density at radius 3 is 2.85 bits per heavy atom. The van der Waals surface area contributed by atoms with Gasteiger partial charge < -0.3 is 15.2 Å². The lowest BCUT2D eigenvalue weighted by atomic mass is 10.2. The number of hydrogen-bond acceptors (Lipinski definition) is 7. The number of nitrogens with two attached hydrogens (primary N) is 1. The molecule has 2 aromatic heterocycles. The van der Waals surface area contributed by atoms with Crippen LogP contribution in [0, 0.1) is 0 Å². The zero-order chi connectivity index (χ0) is 18.5. The molecule has 0 aliphatic carbocycles. The SMILES string of the molecule is CCOC(=O)Nc1cc2c(ncn2/N=C/c2ccc(OC)cc2)c(N)n1. The summed E-state index contributed by atoms with van der Waals surface area (Å²) in [5, 5.41) is 6.90. The van der Waals surface area contributed by atoms with Crippen LogP contribution in [-0.2, 0) is 4.74 Å². The van der Waals surface area contributed by atoms with E-state index in [2.05, 4.69) is 20.4 Å². The Balaban J connectivity index is 1.89. The van der Waals surface area contributed by atoms with Gasteiger partial charge in [-0.1, -0.05) is 0 Å². The summed E-state index contributed by atoms with van der Waals surface area (Å²) in [5.74, 6) is 1.21. The fourth-order valence-corrected chi connectivity index (χ4v) is 2.27. The van der Waals surface area contributed by atoms with Crippen molar-refractivity contribution in [3.63, 3.8) is 0 Å². The third-order valence-electron chi connectivity index (χ3n) is 3.50. The number of aromatic nitrogens is 3. The van der Waals surface area contributed by atoms with Gasteiger partial charge in [0.2, 0.25) is 0 Å². The van der Waals surface area contributed by atoms with Gasteiger partial charge in [-0.3, -0.25) is 5.32 Å². The standard InChI is InChI=1S/C17H18N6O3/c1-3-26-17(24)22-14-8-13-15(16(18)21-14)19-10-23(13)20-9-11-4-6-12(25-2)7-5-11/h4-10H,3H2,1-2H3,(H3,18,21,22,24)/b20-9+. The highest BCUT2D eigenvalue weighted by atomic mass is 16.5. The molecule has 0 aliphatic heterocycles. The number of carbonyl (C=O) groups excluding carboxylic acids is 1. The maximum atomic E-state index is 11.6. The molecule has 0 radical (unpaired) electrons. The minimum absolute atomic E-state index is 0.188. The predicted molar refractivity (Wildman–Crippen MR) is 98.6 cm³/mol. The first-order chi connectivity index (χ1) is 12.6. The van der Waals surface area contributed by atoms with E-state index >= 15 is 0 Å². The highest BCUT2D eigenvalue weighted by Gasteiger charge is 2.11. The number of rotatable bonds is 5. The van der Waals surface area contributed by atoms with Gasteiger partial charge in [0.25, 0.3) is 0 Å². The molecule has 3 aromatic rings. The Morgan fingerprint density at radius 1 is 1.38 bits per heavy atom. The van der Waals surface area contributed by atoms with E-state index in [1.807, 2.05) is 24.3 Å². The quantitative estimate of drug-likeness (QED) is 0.680. The average Bonchev–Trinajstić information content (AvgIpc) is 3.04. The van der Waals surface area contributed by atoms with Gasteiger partial charge in [0, 0.05) is 6.07 Å². The van der Waals surface area contributed by atoms with E-state index in [9.17, 15) is 4.79 Å². The van der Waals surface area contributed by atoms with E-state index in [1.54, 1.807) is 31.0 Å². The number of ether oxygens (including phenoxy) is 2. The Hall–Kier alpha value is -3.62. The molecule has 1 amide bonds. The van der Waals surface area contributed by atoms with Gasteiger partial charge in [0.05, 0.1) is 25.4 Å². The third-order valence-corrected chi connectivity index (χ3v) is 3.50. The molecule has 0 atom stereocenters. The minimum Gasteiger partial charge on any atom is -0.497 e. The molecule has 3 N–H and O–H groups in total.